The SMILES string of the molecule is Oc1cc2nc3c(c(NC4CCCCNC4)c2cc1O)CCC3. The van der Waals surface area contributed by atoms with Gasteiger partial charge in [-0.2, -0.15) is 0 Å². The highest BCUT2D eigenvalue weighted by atomic mass is 16.3. The van der Waals surface area contributed by atoms with Gasteiger partial charge in [-0.25, -0.2) is 0 Å². The van der Waals surface area contributed by atoms with E-state index >= 15 is 0 Å². The first-order chi connectivity index (χ1) is 11.2. The van der Waals surface area contributed by atoms with Gasteiger partial charge < -0.3 is 20.8 Å². The Kier molecular flexibility index (Phi) is 3.73. The summed E-state index contributed by atoms with van der Waals surface area (Å²) in [7, 11) is 0. The Morgan fingerprint density at radius 2 is 1.96 bits per heavy atom. The fourth-order valence-electron chi connectivity index (χ4n) is 3.80. The Morgan fingerprint density at radius 1 is 1.09 bits per heavy atom. The van der Waals surface area contributed by atoms with Crippen LogP contribution in [0.25, 0.3) is 10.9 Å². The van der Waals surface area contributed by atoms with Gasteiger partial charge in [-0.1, -0.05) is 6.42 Å². The van der Waals surface area contributed by atoms with E-state index in [0.717, 1.165) is 61.1 Å². The van der Waals surface area contributed by atoms with Gasteiger partial charge in [0, 0.05) is 35.4 Å². The highest BCUT2D eigenvalue weighted by Gasteiger charge is 2.23. The summed E-state index contributed by atoms with van der Waals surface area (Å²) in [6, 6.07) is 3.60. The molecule has 0 radical (unpaired) electrons. The van der Waals surface area contributed by atoms with Crippen molar-refractivity contribution in [2.24, 2.45) is 0 Å². The molecule has 0 amide bonds. The minimum atomic E-state index is -0.106. The van der Waals surface area contributed by atoms with E-state index in [2.05, 4.69) is 10.6 Å². The van der Waals surface area contributed by atoms with Gasteiger partial charge >= 0.3 is 0 Å². The molecule has 23 heavy (non-hydrogen) atoms. The van der Waals surface area contributed by atoms with E-state index < -0.39 is 0 Å². The van der Waals surface area contributed by atoms with Crippen LogP contribution in [0.1, 0.15) is 36.9 Å². The zero-order valence-corrected chi connectivity index (χ0v) is 13.2. The van der Waals surface area contributed by atoms with E-state index in [1.807, 2.05) is 0 Å². The minimum Gasteiger partial charge on any atom is -0.504 e. The third kappa shape index (κ3) is 2.70. The largest absolute Gasteiger partial charge is 0.504 e. The third-order valence-electron chi connectivity index (χ3n) is 5.00. The topological polar surface area (TPSA) is 77.4 Å². The lowest BCUT2D eigenvalue weighted by Crippen LogP contribution is -2.31. The second kappa shape index (κ2) is 5.89. The number of aromatic nitrogens is 1. The molecule has 1 atom stereocenters. The molecule has 2 aliphatic rings. The van der Waals surface area contributed by atoms with Crippen molar-refractivity contribution in [2.45, 2.75) is 44.6 Å². The van der Waals surface area contributed by atoms with Crippen LogP contribution in [0, 0.1) is 0 Å². The van der Waals surface area contributed by atoms with Gasteiger partial charge in [0.1, 0.15) is 0 Å². The first kappa shape index (κ1) is 14.6. The lowest BCUT2D eigenvalue weighted by atomic mass is 10.0. The Hall–Kier alpha value is -2.01. The smallest absolute Gasteiger partial charge is 0.159 e. The molecule has 1 aliphatic carbocycles. The summed E-state index contributed by atoms with van der Waals surface area (Å²) >= 11 is 0. The lowest BCUT2D eigenvalue weighted by Gasteiger charge is -2.22. The maximum absolute atomic E-state index is 9.92. The van der Waals surface area contributed by atoms with Gasteiger partial charge in [0.25, 0.3) is 0 Å². The number of phenols is 2. The summed E-state index contributed by atoms with van der Waals surface area (Å²) in [5.74, 6) is -0.190. The second-order valence-electron chi connectivity index (χ2n) is 6.66. The number of aromatic hydroxyl groups is 2. The quantitative estimate of drug-likeness (QED) is 0.641. The average Bonchev–Trinajstić information content (AvgIpc) is 2.84. The number of hydrogen-bond donors (Lipinski definition) is 4. The second-order valence-corrected chi connectivity index (χ2v) is 6.66. The van der Waals surface area contributed by atoms with Gasteiger partial charge in [-0.15, -0.1) is 0 Å². The lowest BCUT2D eigenvalue weighted by molar-refractivity contribution is 0.405. The Balaban J connectivity index is 1.81. The molecule has 1 unspecified atom stereocenters. The molecule has 5 heteroatoms. The molecule has 2 heterocycles. The molecule has 1 saturated heterocycles. The van der Waals surface area contributed by atoms with Crippen molar-refractivity contribution >= 4 is 16.6 Å². The number of fused-ring (bicyclic) bond motifs is 2. The summed E-state index contributed by atoms with van der Waals surface area (Å²) in [4.78, 5) is 4.70. The summed E-state index contributed by atoms with van der Waals surface area (Å²) in [6.07, 6.45) is 6.74. The van der Waals surface area contributed by atoms with Gasteiger partial charge in [0.15, 0.2) is 11.5 Å². The Morgan fingerprint density at radius 3 is 2.87 bits per heavy atom. The highest BCUT2D eigenvalue weighted by Crippen LogP contribution is 2.39. The monoisotopic (exact) mass is 313 g/mol. The third-order valence-corrected chi connectivity index (χ3v) is 5.00. The number of nitrogens with one attached hydrogen (secondary N) is 2. The molecular weight excluding hydrogens is 290 g/mol. The van der Waals surface area contributed by atoms with Gasteiger partial charge in [0.05, 0.1) is 5.52 Å². The van der Waals surface area contributed by atoms with E-state index in [1.54, 1.807) is 12.1 Å². The first-order valence-corrected chi connectivity index (χ1v) is 8.57. The molecular formula is C18H23N3O2. The molecule has 1 aliphatic heterocycles. The Bertz CT molecular complexity index is 737. The predicted molar refractivity (Wildman–Crippen MR) is 91.2 cm³/mol. The van der Waals surface area contributed by atoms with E-state index in [4.69, 9.17) is 4.98 Å². The molecule has 122 valence electrons. The fraction of sp³-hybridized carbons (Fsp3) is 0.500. The molecule has 1 fully saturated rings. The van der Waals surface area contributed by atoms with Crippen molar-refractivity contribution in [1.82, 2.24) is 10.3 Å². The van der Waals surface area contributed by atoms with Crippen LogP contribution >= 0.6 is 0 Å². The summed E-state index contributed by atoms with van der Waals surface area (Å²) in [6.45, 7) is 2.05. The fourth-order valence-corrected chi connectivity index (χ4v) is 3.80. The first-order valence-electron chi connectivity index (χ1n) is 8.57. The summed E-state index contributed by atoms with van der Waals surface area (Å²) < 4.78 is 0. The molecule has 0 spiro atoms. The van der Waals surface area contributed by atoms with Crippen LogP contribution in [0.3, 0.4) is 0 Å². The van der Waals surface area contributed by atoms with E-state index in [0.29, 0.717) is 6.04 Å². The number of hydrogen-bond acceptors (Lipinski definition) is 5. The van der Waals surface area contributed by atoms with Crippen LogP contribution < -0.4 is 10.6 Å². The number of aryl methyl sites for hydroxylation is 1. The maximum atomic E-state index is 9.92. The Labute approximate surface area is 135 Å². The average molecular weight is 313 g/mol. The molecule has 0 saturated carbocycles. The molecule has 5 nitrogen and oxygen atoms in total. The van der Waals surface area contributed by atoms with Crippen LogP contribution in [0.2, 0.25) is 0 Å². The number of pyridine rings is 1. The predicted octanol–water partition coefficient (Wildman–Crippen LogP) is 2.69. The number of benzene rings is 1. The molecule has 1 aromatic heterocycles. The molecule has 1 aromatic carbocycles. The molecule has 0 bridgehead atoms. The zero-order chi connectivity index (χ0) is 15.8. The van der Waals surface area contributed by atoms with Crippen molar-refractivity contribution in [3.63, 3.8) is 0 Å². The van der Waals surface area contributed by atoms with Gasteiger partial charge in [-0.05, 0) is 50.3 Å². The summed E-state index contributed by atoms with van der Waals surface area (Å²) in [5, 5.41) is 27.8. The minimum absolute atomic E-state index is 0.0840. The van der Waals surface area contributed by atoms with Crippen molar-refractivity contribution in [1.29, 1.82) is 0 Å². The van der Waals surface area contributed by atoms with Crippen LogP contribution in [0.5, 0.6) is 11.5 Å². The van der Waals surface area contributed by atoms with Crippen molar-refractivity contribution in [2.75, 3.05) is 18.4 Å². The number of rotatable bonds is 2. The number of nitrogens with zero attached hydrogens (tertiary/aromatic N) is 1. The van der Waals surface area contributed by atoms with E-state index in [-0.39, 0.29) is 11.5 Å². The van der Waals surface area contributed by atoms with E-state index in [9.17, 15) is 10.2 Å². The highest BCUT2D eigenvalue weighted by molar-refractivity contribution is 5.96. The zero-order valence-electron chi connectivity index (χ0n) is 13.2. The number of phenolic OH excluding ortho intramolecular Hbond substituents is 2. The maximum Gasteiger partial charge on any atom is 0.159 e. The van der Waals surface area contributed by atoms with Crippen LogP contribution in [-0.2, 0) is 12.8 Å². The molecule has 4 N–H and O–H groups in total. The van der Waals surface area contributed by atoms with Crippen molar-refractivity contribution in [3.8, 4) is 11.5 Å². The number of anilines is 1. The normalized spacial score (nSPS) is 21.1. The standard InChI is InChI=1S/C18H23N3O2/c22-16-8-13-15(9-17(16)23)21-14-6-3-5-12(14)18(13)20-11-4-1-2-7-19-10-11/h8-9,11,19,22-23H,1-7,10H2,(H,20,21). The molecule has 2 aromatic rings. The van der Waals surface area contributed by atoms with Crippen LogP contribution in [-0.4, -0.2) is 34.3 Å². The van der Waals surface area contributed by atoms with E-state index in [1.165, 1.54) is 18.4 Å². The van der Waals surface area contributed by atoms with Crippen LogP contribution in [0.4, 0.5) is 5.69 Å². The van der Waals surface area contributed by atoms with Crippen LogP contribution in [0.15, 0.2) is 12.1 Å². The van der Waals surface area contributed by atoms with Gasteiger partial charge in [-0.3, -0.25) is 4.98 Å². The van der Waals surface area contributed by atoms with Gasteiger partial charge in [0.2, 0.25) is 0 Å². The van der Waals surface area contributed by atoms with Crippen molar-refractivity contribution < 1.29 is 10.2 Å². The molecule has 4 rings (SSSR count). The summed E-state index contributed by atoms with van der Waals surface area (Å²) in [5.41, 5.74) is 4.27. The van der Waals surface area contributed by atoms with Crippen molar-refractivity contribution in [3.05, 3.63) is 23.4 Å².